The van der Waals surface area contributed by atoms with Gasteiger partial charge in [-0.3, -0.25) is 0 Å². The molecule has 1 amide bonds. The van der Waals surface area contributed by atoms with Crippen LogP contribution < -0.4 is 15.7 Å². The number of fused-ring (bicyclic) bond motifs is 1. The standard InChI is InChI=1S/C24H25NO6/c1-5-15-13-20(26)30-19-14-17(11-12-18(15)19)29-22(27)21(16-9-7-6-8-10-16)25-23(28)31-24(2,3)4/h6-14,21H,5H2,1-4H3,(H,25,28)/t21-/m1/s1. The number of carbonyl (C=O) groups excluding carboxylic acids is 2. The molecule has 3 rings (SSSR count). The number of esters is 1. The lowest BCUT2D eigenvalue weighted by atomic mass is 10.1. The molecule has 1 heterocycles. The molecule has 0 fully saturated rings. The molecular weight excluding hydrogens is 398 g/mol. The SMILES string of the molecule is CCc1cc(=O)oc2cc(OC(=O)[C@H](NC(=O)OC(C)(C)C)c3ccccc3)ccc12. The summed E-state index contributed by atoms with van der Waals surface area (Å²) >= 11 is 0. The number of carbonyl (C=O) groups is 2. The molecule has 0 saturated carbocycles. The topological polar surface area (TPSA) is 94.8 Å². The van der Waals surface area contributed by atoms with Crippen LogP contribution in [0.5, 0.6) is 5.75 Å². The van der Waals surface area contributed by atoms with Crippen LogP contribution in [-0.4, -0.2) is 17.7 Å². The van der Waals surface area contributed by atoms with Crippen LogP contribution in [0.4, 0.5) is 4.79 Å². The molecule has 0 unspecified atom stereocenters. The number of aryl methyl sites for hydroxylation is 1. The first-order valence-corrected chi connectivity index (χ1v) is 9.99. The van der Waals surface area contributed by atoms with Crippen molar-refractivity contribution in [1.29, 1.82) is 0 Å². The lowest BCUT2D eigenvalue weighted by molar-refractivity contribution is -0.137. The summed E-state index contributed by atoms with van der Waals surface area (Å²) in [5.74, 6) is -0.508. The highest BCUT2D eigenvalue weighted by Gasteiger charge is 2.27. The van der Waals surface area contributed by atoms with E-state index in [-0.39, 0.29) is 5.75 Å². The summed E-state index contributed by atoms with van der Waals surface area (Å²) in [5.41, 5.74) is 0.520. The minimum atomic E-state index is -1.08. The molecule has 0 radical (unpaired) electrons. The van der Waals surface area contributed by atoms with Gasteiger partial charge in [0.1, 0.15) is 16.9 Å². The van der Waals surface area contributed by atoms with Gasteiger partial charge >= 0.3 is 17.7 Å². The molecule has 1 N–H and O–H groups in total. The maximum absolute atomic E-state index is 13.0. The van der Waals surface area contributed by atoms with Gasteiger partial charge in [-0.2, -0.15) is 0 Å². The molecule has 0 saturated heterocycles. The highest BCUT2D eigenvalue weighted by atomic mass is 16.6. The zero-order valence-electron chi connectivity index (χ0n) is 17.9. The van der Waals surface area contributed by atoms with Gasteiger partial charge in [0.2, 0.25) is 0 Å². The van der Waals surface area contributed by atoms with Crippen LogP contribution in [0.15, 0.2) is 63.8 Å². The van der Waals surface area contributed by atoms with Crippen LogP contribution in [0.1, 0.15) is 44.9 Å². The van der Waals surface area contributed by atoms with Gasteiger partial charge in [0.05, 0.1) is 0 Å². The number of rotatable bonds is 5. The van der Waals surface area contributed by atoms with Gasteiger partial charge < -0.3 is 19.2 Å². The monoisotopic (exact) mass is 423 g/mol. The van der Waals surface area contributed by atoms with Crippen molar-refractivity contribution in [3.8, 4) is 5.75 Å². The Kier molecular flexibility index (Phi) is 6.44. The Balaban J connectivity index is 1.88. The van der Waals surface area contributed by atoms with Crippen LogP contribution >= 0.6 is 0 Å². The molecule has 162 valence electrons. The first kappa shape index (κ1) is 22.1. The Labute approximate surface area is 180 Å². The van der Waals surface area contributed by atoms with Gasteiger partial charge in [-0.15, -0.1) is 0 Å². The Hall–Kier alpha value is -3.61. The predicted octanol–water partition coefficient (Wildman–Crippen LogP) is 4.53. The van der Waals surface area contributed by atoms with E-state index < -0.39 is 29.3 Å². The third-order valence-electron chi connectivity index (χ3n) is 4.43. The second-order valence-corrected chi connectivity index (χ2v) is 8.01. The van der Waals surface area contributed by atoms with Gasteiger partial charge in [-0.25, -0.2) is 14.4 Å². The second-order valence-electron chi connectivity index (χ2n) is 8.01. The average molecular weight is 423 g/mol. The van der Waals surface area contributed by atoms with E-state index in [0.29, 0.717) is 17.6 Å². The first-order chi connectivity index (χ1) is 14.7. The van der Waals surface area contributed by atoms with Crippen molar-refractivity contribution in [2.24, 2.45) is 0 Å². The van der Waals surface area contributed by atoms with E-state index in [9.17, 15) is 14.4 Å². The Morgan fingerprint density at radius 2 is 1.77 bits per heavy atom. The molecule has 3 aromatic rings. The molecule has 2 aromatic carbocycles. The number of hydrogen-bond acceptors (Lipinski definition) is 6. The molecule has 0 spiro atoms. The Bertz CT molecular complexity index is 1140. The zero-order valence-corrected chi connectivity index (χ0v) is 17.9. The molecule has 7 heteroatoms. The summed E-state index contributed by atoms with van der Waals surface area (Å²) in [7, 11) is 0. The minimum Gasteiger partial charge on any atom is -0.444 e. The van der Waals surface area contributed by atoms with E-state index in [1.807, 2.05) is 6.92 Å². The van der Waals surface area contributed by atoms with Crippen LogP contribution in [0.25, 0.3) is 11.0 Å². The van der Waals surface area contributed by atoms with Crippen LogP contribution in [0.2, 0.25) is 0 Å². The maximum Gasteiger partial charge on any atom is 0.408 e. The van der Waals surface area contributed by atoms with Crippen molar-refractivity contribution in [2.45, 2.75) is 45.8 Å². The van der Waals surface area contributed by atoms with E-state index in [1.54, 1.807) is 63.2 Å². The van der Waals surface area contributed by atoms with Crippen molar-refractivity contribution in [1.82, 2.24) is 5.32 Å². The summed E-state index contributed by atoms with van der Waals surface area (Å²) in [4.78, 5) is 37.0. The molecule has 31 heavy (non-hydrogen) atoms. The highest BCUT2D eigenvalue weighted by Crippen LogP contribution is 2.25. The Morgan fingerprint density at radius 1 is 1.06 bits per heavy atom. The lowest BCUT2D eigenvalue weighted by Gasteiger charge is -2.23. The fraction of sp³-hybridized carbons (Fsp3) is 0.292. The molecule has 0 aliphatic carbocycles. The first-order valence-electron chi connectivity index (χ1n) is 9.99. The van der Waals surface area contributed by atoms with E-state index in [0.717, 1.165) is 10.9 Å². The normalized spacial score (nSPS) is 12.3. The minimum absolute atomic E-state index is 0.195. The lowest BCUT2D eigenvalue weighted by Crippen LogP contribution is -2.39. The van der Waals surface area contributed by atoms with Crippen molar-refractivity contribution in [3.63, 3.8) is 0 Å². The van der Waals surface area contributed by atoms with Crippen molar-refractivity contribution in [2.75, 3.05) is 0 Å². The molecule has 0 bridgehead atoms. The fourth-order valence-corrected chi connectivity index (χ4v) is 3.09. The predicted molar refractivity (Wildman–Crippen MR) is 116 cm³/mol. The molecule has 7 nitrogen and oxygen atoms in total. The number of ether oxygens (including phenoxy) is 2. The van der Waals surface area contributed by atoms with E-state index >= 15 is 0 Å². The second kappa shape index (κ2) is 9.04. The molecule has 1 atom stereocenters. The third-order valence-corrected chi connectivity index (χ3v) is 4.43. The van der Waals surface area contributed by atoms with Crippen molar-refractivity contribution < 1.29 is 23.5 Å². The van der Waals surface area contributed by atoms with Gasteiger partial charge in [-0.05, 0) is 50.5 Å². The third kappa shape index (κ3) is 5.72. The average Bonchev–Trinajstić information content (AvgIpc) is 2.70. The summed E-state index contributed by atoms with van der Waals surface area (Å²) in [5, 5.41) is 3.34. The quantitative estimate of drug-likeness (QED) is 0.368. The molecule has 1 aromatic heterocycles. The largest absolute Gasteiger partial charge is 0.444 e. The molecular formula is C24H25NO6. The van der Waals surface area contributed by atoms with Crippen LogP contribution in [0.3, 0.4) is 0 Å². The molecule has 0 aliphatic heterocycles. The summed E-state index contributed by atoms with van der Waals surface area (Å²) in [6, 6.07) is 13.9. The summed E-state index contributed by atoms with van der Waals surface area (Å²) in [6.07, 6.45) is -0.0766. The number of hydrogen-bond donors (Lipinski definition) is 1. The maximum atomic E-state index is 13.0. The number of amides is 1. The Morgan fingerprint density at radius 3 is 2.42 bits per heavy atom. The van der Waals surface area contributed by atoms with E-state index in [1.165, 1.54) is 12.1 Å². The van der Waals surface area contributed by atoms with E-state index in [2.05, 4.69) is 5.32 Å². The number of nitrogens with one attached hydrogen (secondary N) is 1. The van der Waals surface area contributed by atoms with Gasteiger partial charge in [0.25, 0.3) is 0 Å². The van der Waals surface area contributed by atoms with E-state index in [4.69, 9.17) is 13.9 Å². The van der Waals surface area contributed by atoms with Crippen molar-refractivity contribution in [3.05, 3.63) is 76.1 Å². The number of benzene rings is 2. The summed E-state index contributed by atoms with van der Waals surface area (Å²) in [6.45, 7) is 7.14. The smallest absolute Gasteiger partial charge is 0.408 e. The molecule has 0 aliphatic rings. The van der Waals surface area contributed by atoms with Crippen LogP contribution in [-0.2, 0) is 16.0 Å². The van der Waals surface area contributed by atoms with Gasteiger partial charge in [0, 0.05) is 17.5 Å². The fourth-order valence-electron chi connectivity index (χ4n) is 3.09. The summed E-state index contributed by atoms with van der Waals surface area (Å²) < 4.78 is 16.0. The van der Waals surface area contributed by atoms with Crippen molar-refractivity contribution >= 4 is 23.0 Å². The zero-order chi connectivity index (χ0) is 22.6. The highest BCUT2D eigenvalue weighted by molar-refractivity contribution is 5.86. The van der Waals surface area contributed by atoms with Gasteiger partial charge in [0.15, 0.2) is 6.04 Å². The number of alkyl carbamates (subject to hydrolysis) is 1. The van der Waals surface area contributed by atoms with Crippen LogP contribution in [0, 0.1) is 0 Å². The van der Waals surface area contributed by atoms with Gasteiger partial charge in [-0.1, -0.05) is 37.3 Å².